The van der Waals surface area contributed by atoms with Crippen LogP contribution in [0, 0.1) is 0 Å². The van der Waals surface area contributed by atoms with E-state index in [0.717, 1.165) is 6.42 Å². The third-order valence-electron chi connectivity index (χ3n) is 1.67. The van der Waals surface area contributed by atoms with Gasteiger partial charge in [0.05, 0.1) is 6.61 Å². The fourth-order valence-corrected chi connectivity index (χ4v) is 1.04. The second-order valence-corrected chi connectivity index (χ2v) is 2.30. The second kappa shape index (κ2) is 2.98. The van der Waals surface area contributed by atoms with Crippen LogP contribution in [-0.4, -0.2) is 37.7 Å². The molecule has 1 saturated heterocycles. The smallest absolute Gasteiger partial charge is 0.239 e. The van der Waals surface area contributed by atoms with Gasteiger partial charge in [-0.1, -0.05) is 0 Å². The van der Waals surface area contributed by atoms with Gasteiger partial charge in [-0.2, -0.15) is 5.06 Å². The van der Waals surface area contributed by atoms with E-state index in [1.165, 1.54) is 0 Å². The number of nitrogens with one attached hydrogen (secondary N) is 1. The first-order valence-corrected chi connectivity index (χ1v) is 3.33. The topological polar surface area (TPSA) is 41.6 Å². The predicted octanol–water partition coefficient (Wildman–Crippen LogP) is -0.632. The number of carbonyl (C=O) groups excluding carboxylic acids is 1. The number of hydrogen-bond acceptors (Lipinski definition) is 3. The van der Waals surface area contributed by atoms with E-state index in [-0.39, 0.29) is 11.9 Å². The summed E-state index contributed by atoms with van der Waals surface area (Å²) in [4.78, 5) is 16.1. The Morgan fingerprint density at radius 1 is 1.80 bits per heavy atom. The van der Waals surface area contributed by atoms with Gasteiger partial charge >= 0.3 is 0 Å². The number of hydroxylamine groups is 2. The van der Waals surface area contributed by atoms with E-state index >= 15 is 0 Å². The summed E-state index contributed by atoms with van der Waals surface area (Å²) in [7, 11) is 3.40. The Bertz CT molecular complexity index is 138. The minimum absolute atomic E-state index is 0.0278. The Balaban J connectivity index is 2.46. The van der Waals surface area contributed by atoms with Gasteiger partial charge in [0.1, 0.15) is 6.04 Å². The molecule has 1 fully saturated rings. The van der Waals surface area contributed by atoms with Crippen molar-refractivity contribution < 1.29 is 9.63 Å². The number of likely N-dealkylation sites (N-methyl/N-ethyl adjacent to an activating group) is 2. The van der Waals surface area contributed by atoms with Gasteiger partial charge in [-0.15, -0.1) is 0 Å². The largest absolute Gasteiger partial charge is 0.358 e. The lowest BCUT2D eigenvalue weighted by Gasteiger charge is -2.14. The number of amides is 1. The Morgan fingerprint density at radius 3 is 2.90 bits per heavy atom. The monoisotopic (exact) mass is 144 g/mol. The van der Waals surface area contributed by atoms with Crippen molar-refractivity contribution in [1.29, 1.82) is 0 Å². The van der Waals surface area contributed by atoms with Crippen LogP contribution in [-0.2, 0) is 9.63 Å². The minimum atomic E-state index is -0.0926. The quantitative estimate of drug-likeness (QED) is 0.532. The van der Waals surface area contributed by atoms with Gasteiger partial charge in [0, 0.05) is 14.1 Å². The first-order chi connectivity index (χ1) is 4.75. The molecule has 1 heterocycles. The fourth-order valence-electron chi connectivity index (χ4n) is 1.04. The zero-order valence-electron chi connectivity index (χ0n) is 6.26. The van der Waals surface area contributed by atoms with Crippen LogP contribution >= 0.6 is 0 Å². The molecule has 58 valence electrons. The second-order valence-electron chi connectivity index (χ2n) is 2.30. The molecule has 1 aliphatic heterocycles. The zero-order valence-corrected chi connectivity index (χ0v) is 6.26. The predicted molar refractivity (Wildman–Crippen MR) is 36.2 cm³/mol. The Labute approximate surface area is 60.1 Å². The maximum atomic E-state index is 11.0. The van der Waals surface area contributed by atoms with E-state index in [9.17, 15) is 4.79 Å². The number of carbonyl (C=O) groups is 1. The molecule has 0 bridgehead atoms. The molecule has 0 aliphatic carbocycles. The van der Waals surface area contributed by atoms with Crippen molar-refractivity contribution >= 4 is 5.91 Å². The highest BCUT2D eigenvalue weighted by atomic mass is 16.7. The minimum Gasteiger partial charge on any atom is -0.358 e. The average molecular weight is 144 g/mol. The van der Waals surface area contributed by atoms with Crippen molar-refractivity contribution in [3.05, 3.63) is 0 Å². The molecule has 0 spiro atoms. The van der Waals surface area contributed by atoms with Gasteiger partial charge in [0.15, 0.2) is 0 Å². The van der Waals surface area contributed by atoms with Gasteiger partial charge in [-0.3, -0.25) is 9.63 Å². The van der Waals surface area contributed by atoms with Crippen LogP contribution in [0.5, 0.6) is 0 Å². The van der Waals surface area contributed by atoms with Crippen molar-refractivity contribution in [1.82, 2.24) is 10.4 Å². The molecule has 0 unspecified atom stereocenters. The summed E-state index contributed by atoms with van der Waals surface area (Å²) in [6.07, 6.45) is 0.788. The van der Waals surface area contributed by atoms with Gasteiger partial charge in [0.25, 0.3) is 0 Å². The molecule has 0 aromatic heterocycles. The lowest BCUT2D eigenvalue weighted by Crippen LogP contribution is -2.39. The molecule has 1 rings (SSSR count). The molecule has 0 aromatic rings. The van der Waals surface area contributed by atoms with E-state index in [1.807, 2.05) is 0 Å². The van der Waals surface area contributed by atoms with E-state index < -0.39 is 0 Å². The standard InChI is InChI=1S/C6H12N2O2/c1-7-6(9)5-3-4-10-8(5)2/h5H,3-4H2,1-2H3,(H,7,9)/t5-/m0/s1. The molecule has 0 radical (unpaired) electrons. The summed E-state index contributed by atoms with van der Waals surface area (Å²) in [5.74, 6) is 0.0278. The molecule has 4 heteroatoms. The van der Waals surface area contributed by atoms with E-state index in [2.05, 4.69) is 5.32 Å². The highest BCUT2D eigenvalue weighted by Gasteiger charge is 2.27. The fraction of sp³-hybridized carbons (Fsp3) is 0.833. The molecule has 1 aliphatic rings. The van der Waals surface area contributed by atoms with Crippen LogP contribution in [0.3, 0.4) is 0 Å². The van der Waals surface area contributed by atoms with Crippen LogP contribution < -0.4 is 5.32 Å². The summed E-state index contributed by atoms with van der Waals surface area (Å²) >= 11 is 0. The third kappa shape index (κ3) is 1.27. The van der Waals surface area contributed by atoms with Gasteiger partial charge in [-0.05, 0) is 6.42 Å². The Morgan fingerprint density at radius 2 is 2.50 bits per heavy atom. The van der Waals surface area contributed by atoms with Crippen LogP contribution in [0.4, 0.5) is 0 Å². The molecule has 1 N–H and O–H groups in total. The first-order valence-electron chi connectivity index (χ1n) is 3.33. The van der Waals surface area contributed by atoms with Crippen LogP contribution in [0.1, 0.15) is 6.42 Å². The van der Waals surface area contributed by atoms with Crippen molar-refractivity contribution in [2.45, 2.75) is 12.5 Å². The molecule has 10 heavy (non-hydrogen) atoms. The zero-order chi connectivity index (χ0) is 7.56. The number of nitrogens with zero attached hydrogens (tertiary/aromatic N) is 1. The summed E-state index contributed by atoms with van der Waals surface area (Å²) in [5, 5.41) is 4.17. The Hall–Kier alpha value is -0.610. The van der Waals surface area contributed by atoms with Gasteiger partial charge < -0.3 is 5.32 Å². The van der Waals surface area contributed by atoms with Crippen LogP contribution in [0.2, 0.25) is 0 Å². The highest BCUT2D eigenvalue weighted by molar-refractivity contribution is 5.81. The van der Waals surface area contributed by atoms with E-state index in [0.29, 0.717) is 6.61 Å². The van der Waals surface area contributed by atoms with E-state index in [1.54, 1.807) is 19.2 Å². The molecular weight excluding hydrogens is 132 g/mol. The van der Waals surface area contributed by atoms with Crippen molar-refractivity contribution in [2.75, 3.05) is 20.7 Å². The molecule has 0 aromatic carbocycles. The molecule has 0 saturated carbocycles. The molecular formula is C6H12N2O2. The van der Waals surface area contributed by atoms with Crippen molar-refractivity contribution in [2.24, 2.45) is 0 Å². The van der Waals surface area contributed by atoms with Gasteiger partial charge in [0.2, 0.25) is 5.91 Å². The first kappa shape index (κ1) is 7.50. The van der Waals surface area contributed by atoms with Crippen LogP contribution in [0.15, 0.2) is 0 Å². The maximum Gasteiger partial charge on any atom is 0.239 e. The lowest BCUT2D eigenvalue weighted by molar-refractivity contribution is -0.143. The molecule has 1 atom stereocenters. The molecule has 4 nitrogen and oxygen atoms in total. The Kier molecular flexibility index (Phi) is 2.24. The molecule has 1 amide bonds. The van der Waals surface area contributed by atoms with Gasteiger partial charge in [-0.25, -0.2) is 0 Å². The van der Waals surface area contributed by atoms with E-state index in [4.69, 9.17) is 4.84 Å². The van der Waals surface area contributed by atoms with Crippen molar-refractivity contribution in [3.8, 4) is 0 Å². The average Bonchev–Trinajstić information content (AvgIpc) is 2.34. The normalized spacial score (nSPS) is 26.8. The lowest BCUT2D eigenvalue weighted by atomic mass is 10.2. The van der Waals surface area contributed by atoms with Crippen LogP contribution in [0.25, 0.3) is 0 Å². The SMILES string of the molecule is CNC(=O)[C@@H]1CCON1C. The third-order valence-corrected chi connectivity index (χ3v) is 1.67. The number of rotatable bonds is 1. The summed E-state index contributed by atoms with van der Waals surface area (Å²) in [5.41, 5.74) is 0. The summed E-state index contributed by atoms with van der Waals surface area (Å²) in [6.45, 7) is 0.647. The maximum absolute atomic E-state index is 11.0. The highest BCUT2D eigenvalue weighted by Crippen LogP contribution is 2.10. The van der Waals surface area contributed by atoms with Crippen molar-refractivity contribution in [3.63, 3.8) is 0 Å². The number of hydrogen-bond donors (Lipinski definition) is 1. The summed E-state index contributed by atoms with van der Waals surface area (Å²) < 4.78 is 0. The summed E-state index contributed by atoms with van der Waals surface area (Å²) in [6, 6.07) is -0.0926.